The molecule has 0 aliphatic rings. The molecule has 4 nitrogen and oxygen atoms in total. The van der Waals surface area contributed by atoms with Crippen LogP contribution in [0.15, 0.2) is 41.6 Å². The Labute approximate surface area is 98.8 Å². The molecule has 2 rings (SSSR count). The van der Waals surface area contributed by atoms with Crippen LogP contribution >= 0.6 is 0 Å². The van der Waals surface area contributed by atoms with Gasteiger partial charge in [-0.3, -0.25) is 9.78 Å². The van der Waals surface area contributed by atoms with Crippen LogP contribution in [-0.4, -0.2) is 9.55 Å². The Morgan fingerprint density at radius 3 is 2.94 bits per heavy atom. The van der Waals surface area contributed by atoms with Gasteiger partial charge < -0.3 is 4.57 Å². The maximum Gasteiger partial charge on any atom is 0.269 e. The Morgan fingerprint density at radius 2 is 2.29 bits per heavy atom. The molecule has 0 saturated heterocycles. The van der Waals surface area contributed by atoms with E-state index in [1.54, 1.807) is 31.6 Å². The number of aryl methyl sites for hydroxylation is 1. The van der Waals surface area contributed by atoms with Gasteiger partial charge in [0.1, 0.15) is 11.6 Å². The third-order valence-corrected chi connectivity index (χ3v) is 2.56. The summed E-state index contributed by atoms with van der Waals surface area (Å²) in [6, 6.07) is 7.43. The van der Waals surface area contributed by atoms with Crippen LogP contribution in [0.2, 0.25) is 0 Å². The molecular weight excluding hydrogens is 214 g/mol. The molecule has 17 heavy (non-hydrogen) atoms. The number of nitriles is 1. The van der Waals surface area contributed by atoms with E-state index < -0.39 is 0 Å². The van der Waals surface area contributed by atoms with Gasteiger partial charge >= 0.3 is 0 Å². The Balaban J connectivity index is 2.43. The fourth-order valence-corrected chi connectivity index (χ4v) is 1.61. The average Bonchev–Trinajstić information content (AvgIpc) is 2.35. The highest BCUT2D eigenvalue weighted by Crippen LogP contribution is 2.03. The number of pyridine rings is 2. The summed E-state index contributed by atoms with van der Waals surface area (Å²) < 4.78 is 1.52. The lowest BCUT2D eigenvalue weighted by Gasteiger charge is -2.06. The molecule has 84 valence electrons. The van der Waals surface area contributed by atoms with Crippen molar-refractivity contribution in [3.05, 3.63) is 63.8 Å². The summed E-state index contributed by atoms with van der Waals surface area (Å²) in [5.41, 5.74) is 1.59. The lowest BCUT2D eigenvalue weighted by atomic mass is 10.1. The molecule has 0 spiro atoms. The maximum absolute atomic E-state index is 11.9. The van der Waals surface area contributed by atoms with E-state index in [1.807, 2.05) is 18.2 Å². The van der Waals surface area contributed by atoms with Crippen molar-refractivity contribution in [2.75, 3.05) is 0 Å². The van der Waals surface area contributed by atoms with E-state index in [0.29, 0.717) is 12.1 Å². The van der Waals surface area contributed by atoms with Crippen molar-refractivity contribution in [1.29, 1.82) is 5.26 Å². The molecule has 2 aromatic heterocycles. The highest BCUT2D eigenvalue weighted by atomic mass is 16.1. The predicted octanol–water partition coefficient (Wildman–Crippen LogP) is 1.47. The normalized spacial score (nSPS) is 9.88. The lowest BCUT2D eigenvalue weighted by Crippen LogP contribution is -2.23. The van der Waals surface area contributed by atoms with Crippen molar-refractivity contribution in [3.63, 3.8) is 0 Å². The van der Waals surface area contributed by atoms with E-state index in [1.165, 1.54) is 4.57 Å². The minimum absolute atomic E-state index is 0.205. The molecule has 0 unspecified atom stereocenters. The highest BCUT2D eigenvalue weighted by Gasteiger charge is 2.06. The molecule has 4 heteroatoms. The number of aromatic nitrogens is 2. The van der Waals surface area contributed by atoms with Crippen molar-refractivity contribution in [3.8, 4) is 6.07 Å². The summed E-state index contributed by atoms with van der Waals surface area (Å²) in [5.74, 6) is 0. The van der Waals surface area contributed by atoms with Gasteiger partial charge in [0.05, 0.1) is 6.54 Å². The summed E-state index contributed by atoms with van der Waals surface area (Å²) in [4.78, 5) is 15.9. The zero-order chi connectivity index (χ0) is 12.3. The van der Waals surface area contributed by atoms with Crippen LogP contribution in [0.3, 0.4) is 0 Å². The van der Waals surface area contributed by atoms with E-state index >= 15 is 0 Å². The van der Waals surface area contributed by atoms with Gasteiger partial charge in [-0.25, -0.2) is 0 Å². The largest absolute Gasteiger partial charge is 0.310 e. The molecule has 0 fully saturated rings. The van der Waals surface area contributed by atoms with Gasteiger partial charge in [0.2, 0.25) is 0 Å². The zero-order valence-electron chi connectivity index (χ0n) is 9.42. The summed E-state index contributed by atoms with van der Waals surface area (Å²) >= 11 is 0. The molecule has 0 amide bonds. The monoisotopic (exact) mass is 225 g/mol. The predicted molar refractivity (Wildman–Crippen MR) is 63.5 cm³/mol. The van der Waals surface area contributed by atoms with Crippen LogP contribution in [0.25, 0.3) is 0 Å². The van der Waals surface area contributed by atoms with Crippen LogP contribution in [-0.2, 0) is 6.54 Å². The average molecular weight is 225 g/mol. The molecule has 2 heterocycles. The summed E-state index contributed by atoms with van der Waals surface area (Å²) in [7, 11) is 0. The first kappa shape index (κ1) is 11.1. The second kappa shape index (κ2) is 4.62. The third-order valence-electron chi connectivity index (χ3n) is 2.56. The van der Waals surface area contributed by atoms with Crippen LogP contribution in [0.1, 0.15) is 16.7 Å². The van der Waals surface area contributed by atoms with Crippen molar-refractivity contribution < 1.29 is 0 Å². The molecule has 0 radical (unpaired) electrons. The molecule has 0 saturated carbocycles. The van der Waals surface area contributed by atoms with Crippen molar-refractivity contribution in [2.24, 2.45) is 0 Å². The van der Waals surface area contributed by atoms with Gasteiger partial charge in [-0.05, 0) is 30.2 Å². The second-order valence-electron chi connectivity index (χ2n) is 3.78. The van der Waals surface area contributed by atoms with Gasteiger partial charge in [-0.2, -0.15) is 5.26 Å². The number of nitrogens with zero attached hydrogens (tertiary/aromatic N) is 3. The first-order valence-electron chi connectivity index (χ1n) is 5.21. The number of rotatable bonds is 2. The zero-order valence-corrected chi connectivity index (χ0v) is 9.42. The standard InChI is InChI=1S/C13H11N3O/c1-10-4-6-16(13(17)12(10)7-14)9-11-3-2-5-15-8-11/h2-6,8H,9H2,1H3. The van der Waals surface area contributed by atoms with E-state index in [9.17, 15) is 4.79 Å². The molecule has 0 atom stereocenters. The minimum atomic E-state index is -0.253. The molecule has 0 bridgehead atoms. The fraction of sp³-hybridized carbons (Fsp3) is 0.154. The van der Waals surface area contributed by atoms with E-state index in [2.05, 4.69) is 4.98 Å². The van der Waals surface area contributed by atoms with Crippen molar-refractivity contribution in [2.45, 2.75) is 13.5 Å². The van der Waals surface area contributed by atoms with E-state index in [4.69, 9.17) is 5.26 Å². The van der Waals surface area contributed by atoms with Gasteiger partial charge in [-0.1, -0.05) is 6.07 Å². The van der Waals surface area contributed by atoms with Crippen molar-refractivity contribution in [1.82, 2.24) is 9.55 Å². The molecule has 0 N–H and O–H groups in total. The molecular formula is C13H11N3O. The molecule has 0 aliphatic heterocycles. The summed E-state index contributed by atoms with van der Waals surface area (Å²) in [5, 5.41) is 8.91. The smallest absolute Gasteiger partial charge is 0.269 e. The Hall–Kier alpha value is -2.41. The third kappa shape index (κ3) is 2.23. The Bertz CT molecular complexity index is 623. The quantitative estimate of drug-likeness (QED) is 0.777. The van der Waals surface area contributed by atoms with E-state index in [0.717, 1.165) is 5.56 Å². The topological polar surface area (TPSA) is 58.7 Å². The summed E-state index contributed by atoms with van der Waals surface area (Å²) in [6.45, 7) is 2.19. The Morgan fingerprint density at radius 1 is 1.47 bits per heavy atom. The second-order valence-corrected chi connectivity index (χ2v) is 3.78. The maximum atomic E-state index is 11.9. The van der Waals surface area contributed by atoms with Gasteiger partial charge in [0.25, 0.3) is 5.56 Å². The fourth-order valence-electron chi connectivity index (χ4n) is 1.61. The molecule has 0 aromatic carbocycles. The molecule has 0 aliphatic carbocycles. The molecule has 2 aromatic rings. The Kier molecular flexibility index (Phi) is 3.01. The number of hydrogen-bond acceptors (Lipinski definition) is 3. The van der Waals surface area contributed by atoms with Gasteiger partial charge in [0, 0.05) is 18.6 Å². The first-order chi connectivity index (χ1) is 8.22. The van der Waals surface area contributed by atoms with Gasteiger partial charge in [0.15, 0.2) is 0 Å². The first-order valence-corrected chi connectivity index (χ1v) is 5.21. The minimum Gasteiger partial charge on any atom is -0.310 e. The van der Waals surface area contributed by atoms with Crippen LogP contribution in [0.5, 0.6) is 0 Å². The SMILES string of the molecule is Cc1ccn(Cc2cccnc2)c(=O)c1C#N. The van der Waals surface area contributed by atoms with E-state index in [-0.39, 0.29) is 11.1 Å². The number of hydrogen-bond donors (Lipinski definition) is 0. The van der Waals surface area contributed by atoms with Gasteiger partial charge in [-0.15, -0.1) is 0 Å². The van der Waals surface area contributed by atoms with Crippen LogP contribution < -0.4 is 5.56 Å². The lowest BCUT2D eigenvalue weighted by molar-refractivity contribution is 0.751. The van der Waals surface area contributed by atoms with Crippen LogP contribution in [0, 0.1) is 18.3 Å². The highest BCUT2D eigenvalue weighted by molar-refractivity contribution is 5.34. The van der Waals surface area contributed by atoms with Crippen molar-refractivity contribution >= 4 is 0 Å². The summed E-state index contributed by atoms with van der Waals surface area (Å²) in [6.07, 6.45) is 5.09. The van der Waals surface area contributed by atoms with Crippen LogP contribution in [0.4, 0.5) is 0 Å².